The minimum absolute atomic E-state index is 0.0925. The standard InChI is InChI=1S/C18H22F3N5O2/c1-10(2)13-6-15(18(19,20)21)26-16(23-13)7-14(24-26)12-4-5-25(9-12)17(28)8-22-11(3)27/h6-7,10,12H,4-5,8-9H2,1-3H3,(H,22,27). The lowest BCUT2D eigenvalue weighted by Crippen LogP contribution is -2.38. The van der Waals surface area contributed by atoms with Gasteiger partial charge in [0.1, 0.15) is 5.69 Å². The Morgan fingerprint density at radius 1 is 1.32 bits per heavy atom. The molecule has 7 nitrogen and oxygen atoms in total. The minimum atomic E-state index is -4.55. The molecule has 0 saturated carbocycles. The van der Waals surface area contributed by atoms with Gasteiger partial charge in [0.2, 0.25) is 11.8 Å². The molecule has 152 valence electrons. The first-order valence-corrected chi connectivity index (χ1v) is 9.06. The van der Waals surface area contributed by atoms with Crippen molar-refractivity contribution in [3.05, 3.63) is 29.2 Å². The van der Waals surface area contributed by atoms with Crippen molar-refractivity contribution in [3.63, 3.8) is 0 Å². The largest absolute Gasteiger partial charge is 0.433 e. The number of alkyl halides is 3. The van der Waals surface area contributed by atoms with Crippen molar-refractivity contribution in [2.45, 2.75) is 45.2 Å². The molecule has 0 radical (unpaired) electrons. The van der Waals surface area contributed by atoms with E-state index in [2.05, 4.69) is 15.4 Å². The van der Waals surface area contributed by atoms with Crippen LogP contribution in [0.15, 0.2) is 12.1 Å². The van der Waals surface area contributed by atoms with Gasteiger partial charge >= 0.3 is 6.18 Å². The molecule has 0 aliphatic carbocycles. The zero-order valence-electron chi connectivity index (χ0n) is 15.9. The smallest absolute Gasteiger partial charge is 0.347 e. The Bertz CT molecular complexity index is 906. The van der Waals surface area contributed by atoms with Gasteiger partial charge in [-0.05, 0) is 18.4 Å². The fraction of sp³-hybridized carbons (Fsp3) is 0.556. The molecule has 0 spiro atoms. The van der Waals surface area contributed by atoms with Crippen molar-refractivity contribution in [1.29, 1.82) is 0 Å². The summed E-state index contributed by atoms with van der Waals surface area (Å²) in [6.07, 6.45) is -3.96. The van der Waals surface area contributed by atoms with Gasteiger partial charge in [0, 0.05) is 37.7 Å². The number of fused-ring (bicyclic) bond motifs is 1. The number of hydrogen-bond donors (Lipinski definition) is 1. The molecule has 10 heteroatoms. The number of halogens is 3. The van der Waals surface area contributed by atoms with E-state index in [1.54, 1.807) is 24.8 Å². The van der Waals surface area contributed by atoms with Gasteiger partial charge in [-0.15, -0.1) is 0 Å². The quantitative estimate of drug-likeness (QED) is 0.859. The van der Waals surface area contributed by atoms with E-state index in [9.17, 15) is 22.8 Å². The molecule has 1 atom stereocenters. The van der Waals surface area contributed by atoms with Gasteiger partial charge in [-0.25, -0.2) is 9.50 Å². The van der Waals surface area contributed by atoms with Crippen LogP contribution in [0, 0.1) is 0 Å². The van der Waals surface area contributed by atoms with Crippen LogP contribution in [0.25, 0.3) is 5.65 Å². The molecule has 0 bridgehead atoms. The molecule has 1 saturated heterocycles. The average Bonchev–Trinajstić information content (AvgIpc) is 3.24. The minimum Gasteiger partial charge on any atom is -0.347 e. The molecule has 2 amide bonds. The third-order valence-corrected chi connectivity index (χ3v) is 4.80. The highest BCUT2D eigenvalue weighted by molar-refractivity contribution is 5.83. The van der Waals surface area contributed by atoms with Crippen LogP contribution in [-0.2, 0) is 15.8 Å². The van der Waals surface area contributed by atoms with Gasteiger partial charge in [0.05, 0.1) is 12.2 Å². The maximum atomic E-state index is 13.5. The summed E-state index contributed by atoms with van der Waals surface area (Å²) in [4.78, 5) is 29.0. The van der Waals surface area contributed by atoms with Gasteiger partial charge in [-0.2, -0.15) is 18.3 Å². The lowest BCUT2D eigenvalue weighted by molar-refractivity contribution is -0.142. The van der Waals surface area contributed by atoms with Crippen molar-refractivity contribution in [2.75, 3.05) is 19.6 Å². The number of rotatable bonds is 4. The Kier molecular flexibility index (Phi) is 5.31. The zero-order valence-corrected chi connectivity index (χ0v) is 15.9. The van der Waals surface area contributed by atoms with Crippen LogP contribution in [0.5, 0.6) is 0 Å². The second kappa shape index (κ2) is 7.40. The maximum Gasteiger partial charge on any atom is 0.433 e. The Balaban J connectivity index is 1.87. The van der Waals surface area contributed by atoms with Crippen LogP contribution in [0.3, 0.4) is 0 Å². The van der Waals surface area contributed by atoms with Crippen LogP contribution in [-0.4, -0.2) is 50.9 Å². The van der Waals surface area contributed by atoms with E-state index in [0.29, 0.717) is 30.9 Å². The second-order valence-electron chi connectivity index (χ2n) is 7.29. The molecular formula is C18H22F3N5O2. The first-order valence-electron chi connectivity index (χ1n) is 9.06. The SMILES string of the molecule is CC(=O)NCC(=O)N1CCC(c2cc3nc(C(C)C)cc(C(F)(F)F)n3n2)C1. The Hall–Kier alpha value is -2.65. The number of nitrogens with zero attached hydrogens (tertiary/aromatic N) is 4. The van der Waals surface area contributed by atoms with E-state index in [0.717, 1.165) is 10.6 Å². The van der Waals surface area contributed by atoms with Crippen molar-refractivity contribution in [2.24, 2.45) is 0 Å². The molecule has 28 heavy (non-hydrogen) atoms. The third-order valence-electron chi connectivity index (χ3n) is 4.80. The molecule has 2 aromatic rings. The highest BCUT2D eigenvalue weighted by Gasteiger charge is 2.36. The van der Waals surface area contributed by atoms with Crippen LogP contribution < -0.4 is 5.32 Å². The molecule has 2 aromatic heterocycles. The summed E-state index contributed by atoms with van der Waals surface area (Å²) in [5.41, 5.74) is 0.124. The van der Waals surface area contributed by atoms with E-state index in [-0.39, 0.29) is 35.8 Å². The first-order chi connectivity index (χ1) is 13.1. The first kappa shape index (κ1) is 20.1. The van der Waals surface area contributed by atoms with Crippen LogP contribution in [0.4, 0.5) is 13.2 Å². The number of hydrogen-bond acceptors (Lipinski definition) is 4. The Morgan fingerprint density at radius 2 is 2.04 bits per heavy atom. The van der Waals surface area contributed by atoms with Gasteiger partial charge in [0.15, 0.2) is 5.65 Å². The Labute approximate surface area is 159 Å². The van der Waals surface area contributed by atoms with E-state index >= 15 is 0 Å². The molecule has 1 N–H and O–H groups in total. The summed E-state index contributed by atoms with van der Waals surface area (Å²) < 4.78 is 41.3. The van der Waals surface area contributed by atoms with Crippen LogP contribution in [0.1, 0.15) is 56.1 Å². The zero-order chi connectivity index (χ0) is 20.6. The normalized spacial score (nSPS) is 17.5. The van der Waals surface area contributed by atoms with Gasteiger partial charge < -0.3 is 10.2 Å². The number of aromatic nitrogens is 3. The summed E-state index contributed by atoms with van der Waals surface area (Å²) in [6, 6.07) is 2.60. The molecule has 0 aromatic carbocycles. The summed E-state index contributed by atoms with van der Waals surface area (Å²) in [6.45, 7) is 5.62. The van der Waals surface area contributed by atoms with Crippen molar-refractivity contribution in [3.8, 4) is 0 Å². The monoisotopic (exact) mass is 397 g/mol. The number of carbonyl (C=O) groups excluding carboxylic acids is 2. The van der Waals surface area contributed by atoms with E-state index < -0.39 is 11.9 Å². The fourth-order valence-electron chi connectivity index (χ4n) is 3.25. The second-order valence-corrected chi connectivity index (χ2v) is 7.29. The molecule has 3 rings (SSSR count). The summed E-state index contributed by atoms with van der Waals surface area (Å²) >= 11 is 0. The molecule has 1 aliphatic rings. The summed E-state index contributed by atoms with van der Waals surface area (Å²) in [5.74, 6) is -0.849. The third kappa shape index (κ3) is 4.10. The average molecular weight is 397 g/mol. The van der Waals surface area contributed by atoms with Crippen LogP contribution >= 0.6 is 0 Å². The summed E-state index contributed by atoms with van der Waals surface area (Å²) in [5, 5.41) is 6.61. The summed E-state index contributed by atoms with van der Waals surface area (Å²) in [7, 11) is 0. The van der Waals surface area contributed by atoms with Crippen LogP contribution in [0.2, 0.25) is 0 Å². The van der Waals surface area contributed by atoms with Crippen molar-refractivity contribution < 1.29 is 22.8 Å². The molecular weight excluding hydrogens is 375 g/mol. The Morgan fingerprint density at radius 3 is 2.64 bits per heavy atom. The number of likely N-dealkylation sites (tertiary alicyclic amines) is 1. The number of amides is 2. The molecule has 1 aliphatic heterocycles. The van der Waals surface area contributed by atoms with E-state index in [1.807, 2.05) is 0 Å². The van der Waals surface area contributed by atoms with Crippen molar-refractivity contribution in [1.82, 2.24) is 24.8 Å². The van der Waals surface area contributed by atoms with Gasteiger partial charge in [-0.3, -0.25) is 9.59 Å². The van der Waals surface area contributed by atoms with E-state index in [1.165, 1.54) is 6.92 Å². The van der Waals surface area contributed by atoms with Crippen molar-refractivity contribution >= 4 is 17.5 Å². The number of nitrogens with one attached hydrogen (secondary N) is 1. The topological polar surface area (TPSA) is 79.6 Å². The molecule has 1 fully saturated rings. The lowest BCUT2D eigenvalue weighted by Gasteiger charge is -2.16. The fourth-order valence-corrected chi connectivity index (χ4v) is 3.25. The maximum absolute atomic E-state index is 13.5. The number of carbonyl (C=O) groups is 2. The highest BCUT2D eigenvalue weighted by atomic mass is 19.4. The van der Waals surface area contributed by atoms with E-state index in [4.69, 9.17) is 0 Å². The predicted octanol–water partition coefficient (Wildman–Crippen LogP) is 2.32. The van der Waals surface area contributed by atoms with Gasteiger partial charge in [-0.1, -0.05) is 13.8 Å². The molecule has 1 unspecified atom stereocenters. The molecule has 3 heterocycles. The highest BCUT2D eigenvalue weighted by Crippen LogP contribution is 2.33. The predicted molar refractivity (Wildman–Crippen MR) is 94.7 cm³/mol. The van der Waals surface area contributed by atoms with Gasteiger partial charge in [0.25, 0.3) is 0 Å². The lowest BCUT2D eigenvalue weighted by atomic mass is 10.1.